The summed E-state index contributed by atoms with van der Waals surface area (Å²) in [5.74, 6) is -0.600. The number of nitrogens with one attached hydrogen (secondary N) is 1. The second kappa shape index (κ2) is 5.81. The number of aromatic carboxylic acids is 1. The molecule has 1 saturated carbocycles. The topological polar surface area (TPSA) is 96.6 Å². The predicted octanol–water partition coefficient (Wildman–Crippen LogP) is 2.39. The van der Waals surface area contributed by atoms with E-state index in [2.05, 4.69) is 18.6 Å². The smallest absolute Gasteiger partial charge is 0.371 e. The zero-order valence-corrected chi connectivity index (χ0v) is 13.2. The second-order valence-electron chi connectivity index (χ2n) is 6.07. The van der Waals surface area contributed by atoms with Crippen LogP contribution in [0.15, 0.2) is 15.4 Å². The van der Waals surface area contributed by atoms with E-state index in [-0.39, 0.29) is 22.5 Å². The average molecular weight is 315 g/mol. The third kappa shape index (κ3) is 3.65. The van der Waals surface area contributed by atoms with E-state index in [0.717, 1.165) is 25.3 Å². The third-order valence-electron chi connectivity index (χ3n) is 3.87. The van der Waals surface area contributed by atoms with E-state index < -0.39 is 16.0 Å². The molecule has 1 aromatic rings. The Kier molecular flexibility index (Phi) is 4.43. The van der Waals surface area contributed by atoms with Crippen LogP contribution in [0.2, 0.25) is 0 Å². The van der Waals surface area contributed by atoms with Crippen molar-refractivity contribution in [1.82, 2.24) is 4.72 Å². The van der Waals surface area contributed by atoms with Gasteiger partial charge in [-0.15, -0.1) is 0 Å². The zero-order chi connectivity index (χ0) is 15.8. The summed E-state index contributed by atoms with van der Waals surface area (Å²) in [5, 5.41) is 8.87. The number of sulfonamides is 1. The molecule has 1 heterocycles. The van der Waals surface area contributed by atoms with E-state index in [1.165, 1.54) is 6.92 Å². The number of rotatable bonds is 4. The fourth-order valence-electron chi connectivity index (χ4n) is 3.16. The minimum atomic E-state index is -3.76. The van der Waals surface area contributed by atoms with Crippen LogP contribution in [0.5, 0.6) is 0 Å². The summed E-state index contributed by atoms with van der Waals surface area (Å²) in [6, 6.07) is 0.951. The summed E-state index contributed by atoms with van der Waals surface area (Å²) in [7, 11) is -3.76. The number of furan rings is 1. The molecule has 21 heavy (non-hydrogen) atoms. The van der Waals surface area contributed by atoms with Gasteiger partial charge in [0.25, 0.3) is 0 Å². The molecule has 7 heteroatoms. The highest BCUT2D eigenvalue weighted by atomic mass is 32.2. The maximum atomic E-state index is 12.4. The summed E-state index contributed by atoms with van der Waals surface area (Å²) < 4.78 is 32.5. The van der Waals surface area contributed by atoms with Crippen LogP contribution in [0.4, 0.5) is 0 Å². The molecule has 0 bridgehead atoms. The van der Waals surface area contributed by atoms with Gasteiger partial charge in [-0.1, -0.05) is 13.8 Å². The zero-order valence-electron chi connectivity index (χ0n) is 12.4. The monoisotopic (exact) mass is 315 g/mol. The lowest BCUT2D eigenvalue weighted by Crippen LogP contribution is -2.40. The van der Waals surface area contributed by atoms with Crippen LogP contribution < -0.4 is 4.72 Å². The van der Waals surface area contributed by atoms with Crippen molar-refractivity contribution < 1.29 is 22.7 Å². The van der Waals surface area contributed by atoms with Crippen LogP contribution in [0.25, 0.3) is 0 Å². The largest absolute Gasteiger partial charge is 0.475 e. The van der Waals surface area contributed by atoms with Crippen molar-refractivity contribution in [2.75, 3.05) is 0 Å². The van der Waals surface area contributed by atoms with Gasteiger partial charge in [0, 0.05) is 12.1 Å². The molecular weight excluding hydrogens is 294 g/mol. The first-order valence-corrected chi connectivity index (χ1v) is 8.53. The molecule has 0 amide bonds. The van der Waals surface area contributed by atoms with Gasteiger partial charge in [-0.2, -0.15) is 0 Å². The van der Waals surface area contributed by atoms with E-state index >= 15 is 0 Å². The molecule has 1 aliphatic rings. The minimum Gasteiger partial charge on any atom is -0.475 e. The Balaban J connectivity index is 2.20. The number of carboxylic acid groups (broad SMARTS) is 1. The van der Waals surface area contributed by atoms with Crippen LogP contribution in [0.3, 0.4) is 0 Å². The standard InChI is InChI=1S/C14H21NO5S/c1-8-4-9(2)6-11(5-8)15-21(18,19)13-7-12(14(16)17)20-10(13)3/h7-9,11,15H,4-6H2,1-3H3,(H,16,17). The van der Waals surface area contributed by atoms with Crippen molar-refractivity contribution in [3.63, 3.8) is 0 Å². The Hall–Kier alpha value is -1.34. The minimum absolute atomic E-state index is 0.0919. The molecule has 1 aliphatic carbocycles. The summed E-state index contributed by atoms with van der Waals surface area (Å²) >= 11 is 0. The summed E-state index contributed by atoms with van der Waals surface area (Å²) in [5.41, 5.74) is 0. The highest BCUT2D eigenvalue weighted by molar-refractivity contribution is 7.89. The van der Waals surface area contributed by atoms with Crippen LogP contribution in [-0.4, -0.2) is 25.5 Å². The van der Waals surface area contributed by atoms with E-state index in [0.29, 0.717) is 11.8 Å². The maximum absolute atomic E-state index is 12.4. The number of hydrogen-bond donors (Lipinski definition) is 2. The normalized spacial score (nSPS) is 26.7. The van der Waals surface area contributed by atoms with E-state index in [1.807, 2.05) is 0 Å². The van der Waals surface area contributed by atoms with Crippen LogP contribution in [0, 0.1) is 18.8 Å². The molecule has 6 nitrogen and oxygen atoms in total. The summed E-state index contributed by atoms with van der Waals surface area (Å²) in [6.07, 6.45) is 2.70. The van der Waals surface area contributed by atoms with Gasteiger partial charge in [0.2, 0.25) is 15.8 Å². The maximum Gasteiger partial charge on any atom is 0.371 e. The van der Waals surface area contributed by atoms with Gasteiger partial charge in [0.05, 0.1) is 0 Å². The van der Waals surface area contributed by atoms with Crippen molar-refractivity contribution in [3.05, 3.63) is 17.6 Å². The van der Waals surface area contributed by atoms with Gasteiger partial charge < -0.3 is 9.52 Å². The van der Waals surface area contributed by atoms with E-state index in [4.69, 9.17) is 9.52 Å². The van der Waals surface area contributed by atoms with Gasteiger partial charge in [0.15, 0.2) is 0 Å². The van der Waals surface area contributed by atoms with Crippen molar-refractivity contribution in [1.29, 1.82) is 0 Å². The number of carboxylic acids is 1. The van der Waals surface area contributed by atoms with Crippen LogP contribution >= 0.6 is 0 Å². The third-order valence-corrected chi connectivity index (χ3v) is 5.50. The van der Waals surface area contributed by atoms with Gasteiger partial charge in [-0.25, -0.2) is 17.9 Å². The van der Waals surface area contributed by atoms with Crippen molar-refractivity contribution >= 4 is 16.0 Å². The quantitative estimate of drug-likeness (QED) is 0.889. The average Bonchev–Trinajstić information content (AvgIpc) is 2.70. The molecule has 2 atom stereocenters. The molecule has 2 N–H and O–H groups in total. The number of aryl methyl sites for hydroxylation is 1. The molecule has 0 saturated heterocycles. The number of hydrogen-bond acceptors (Lipinski definition) is 4. The van der Waals surface area contributed by atoms with E-state index in [9.17, 15) is 13.2 Å². The first-order chi connectivity index (χ1) is 9.69. The fraction of sp³-hybridized carbons (Fsp3) is 0.643. The first kappa shape index (κ1) is 16.0. The highest BCUT2D eigenvalue weighted by Crippen LogP contribution is 2.30. The number of carbonyl (C=O) groups is 1. The first-order valence-electron chi connectivity index (χ1n) is 7.05. The fourth-order valence-corrected chi connectivity index (χ4v) is 4.60. The molecule has 0 aliphatic heterocycles. The predicted molar refractivity (Wildman–Crippen MR) is 76.7 cm³/mol. The Morgan fingerprint density at radius 1 is 1.29 bits per heavy atom. The molecule has 118 valence electrons. The summed E-state index contributed by atoms with van der Waals surface area (Å²) in [6.45, 7) is 5.68. The molecule has 0 spiro atoms. The lowest BCUT2D eigenvalue weighted by molar-refractivity contribution is 0.0661. The lowest BCUT2D eigenvalue weighted by Gasteiger charge is -2.31. The Morgan fingerprint density at radius 3 is 2.33 bits per heavy atom. The molecule has 0 aromatic carbocycles. The van der Waals surface area contributed by atoms with Gasteiger partial charge >= 0.3 is 5.97 Å². The van der Waals surface area contributed by atoms with Crippen LogP contribution in [0.1, 0.15) is 49.4 Å². The van der Waals surface area contributed by atoms with Crippen LogP contribution in [-0.2, 0) is 10.0 Å². The Labute approximate surface area is 124 Å². The van der Waals surface area contributed by atoms with Crippen molar-refractivity contribution in [3.8, 4) is 0 Å². The van der Waals surface area contributed by atoms with Gasteiger partial charge in [0.1, 0.15) is 10.7 Å². The van der Waals surface area contributed by atoms with Gasteiger partial charge in [-0.05, 0) is 38.0 Å². The Bertz CT molecular complexity index is 624. The molecule has 1 aromatic heterocycles. The molecular formula is C14H21NO5S. The SMILES string of the molecule is Cc1oc(C(=O)O)cc1S(=O)(=O)NC1CC(C)CC(C)C1. The Morgan fingerprint density at radius 2 is 1.86 bits per heavy atom. The molecule has 1 fully saturated rings. The molecule has 2 rings (SSSR count). The summed E-state index contributed by atoms with van der Waals surface area (Å²) in [4.78, 5) is 10.8. The highest BCUT2D eigenvalue weighted by Gasteiger charge is 2.30. The van der Waals surface area contributed by atoms with Crippen molar-refractivity contribution in [2.45, 2.75) is 51.0 Å². The van der Waals surface area contributed by atoms with E-state index in [1.54, 1.807) is 0 Å². The van der Waals surface area contributed by atoms with Crippen molar-refractivity contribution in [2.24, 2.45) is 11.8 Å². The molecule has 2 unspecified atom stereocenters. The molecule has 0 radical (unpaired) electrons. The second-order valence-corrected chi connectivity index (χ2v) is 7.75. The van der Waals surface area contributed by atoms with Gasteiger partial charge in [-0.3, -0.25) is 0 Å². The lowest BCUT2D eigenvalue weighted by atomic mass is 9.81.